The molecule has 180 valence electrons. The SMILES string of the molecule is COC(OC)c1ccc2c(n1)N(C(N)=O)C(c1cc(OCC3CCCN3C)c(C#N)cn1)CC2. The third-order valence-electron chi connectivity index (χ3n) is 6.56. The number of nitrogens with zero attached hydrogens (tertiary/aromatic N) is 5. The number of nitriles is 1. The van der Waals surface area contributed by atoms with E-state index < -0.39 is 18.4 Å². The largest absolute Gasteiger partial charge is 0.490 e. The minimum absolute atomic E-state index is 0.309. The first-order valence-corrected chi connectivity index (χ1v) is 11.3. The molecule has 2 aromatic rings. The zero-order chi connectivity index (χ0) is 24.2. The van der Waals surface area contributed by atoms with E-state index >= 15 is 0 Å². The van der Waals surface area contributed by atoms with Crippen LogP contribution in [0.3, 0.4) is 0 Å². The van der Waals surface area contributed by atoms with Crippen molar-refractivity contribution in [3.05, 3.63) is 46.9 Å². The lowest BCUT2D eigenvalue weighted by molar-refractivity contribution is -0.108. The van der Waals surface area contributed by atoms with Gasteiger partial charge in [0.15, 0.2) is 0 Å². The Morgan fingerprint density at radius 2 is 2.12 bits per heavy atom. The summed E-state index contributed by atoms with van der Waals surface area (Å²) in [6, 6.07) is 6.86. The van der Waals surface area contributed by atoms with Gasteiger partial charge in [-0.05, 0) is 50.9 Å². The fourth-order valence-corrected chi connectivity index (χ4v) is 4.69. The Kier molecular flexibility index (Phi) is 7.26. The zero-order valence-corrected chi connectivity index (χ0v) is 19.7. The van der Waals surface area contributed by atoms with Crippen LogP contribution in [0.5, 0.6) is 5.75 Å². The Morgan fingerprint density at radius 3 is 2.76 bits per heavy atom. The van der Waals surface area contributed by atoms with Gasteiger partial charge in [-0.15, -0.1) is 0 Å². The number of methoxy groups -OCH3 is 2. The topological polar surface area (TPSA) is 127 Å². The standard InChI is InChI=1S/C24H30N6O4/c1-29-10-4-5-17(29)14-34-21-11-19(27-13-16(21)12-25)20-9-7-15-6-8-18(23(32-2)33-3)28-22(15)30(20)24(26)31/h6,8,11,13,17,20,23H,4-5,7,9-10,14H2,1-3H3,(H2,26,31). The van der Waals surface area contributed by atoms with E-state index in [1.807, 2.05) is 12.1 Å². The fraction of sp³-hybridized carbons (Fsp3) is 0.500. The number of hydrogen-bond acceptors (Lipinski definition) is 8. The summed E-state index contributed by atoms with van der Waals surface area (Å²) in [6.07, 6.45) is 4.32. The van der Waals surface area contributed by atoms with Gasteiger partial charge >= 0.3 is 6.03 Å². The first kappa shape index (κ1) is 23.9. The highest BCUT2D eigenvalue weighted by molar-refractivity contribution is 5.91. The number of anilines is 1. The van der Waals surface area contributed by atoms with E-state index in [0.29, 0.717) is 54.0 Å². The normalized spacial score (nSPS) is 20.3. The van der Waals surface area contributed by atoms with Crippen LogP contribution in [0.4, 0.5) is 10.6 Å². The molecule has 10 heteroatoms. The Morgan fingerprint density at radius 1 is 1.32 bits per heavy atom. The van der Waals surface area contributed by atoms with Gasteiger partial charge < -0.3 is 24.8 Å². The van der Waals surface area contributed by atoms with E-state index in [-0.39, 0.29) is 0 Å². The molecule has 0 aliphatic carbocycles. The second-order valence-electron chi connectivity index (χ2n) is 8.59. The molecule has 0 radical (unpaired) electrons. The third-order valence-corrected chi connectivity index (χ3v) is 6.56. The monoisotopic (exact) mass is 466 g/mol. The summed E-state index contributed by atoms with van der Waals surface area (Å²) in [5.74, 6) is 0.921. The van der Waals surface area contributed by atoms with Crippen molar-refractivity contribution in [2.24, 2.45) is 5.73 Å². The second-order valence-corrected chi connectivity index (χ2v) is 8.59. The molecule has 4 heterocycles. The maximum atomic E-state index is 12.6. The molecule has 2 atom stereocenters. The minimum Gasteiger partial charge on any atom is -0.490 e. The number of likely N-dealkylation sites (N-methyl/N-ethyl adjacent to an activating group) is 1. The summed E-state index contributed by atoms with van der Waals surface area (Å²) in [4.78, 5) is 25.4. The van der Waals surface area contributed by atoms with Crippen molar-refractivity contribution in [2.75, 3.05) is 39.3 Å². The Bertz CT molecular complexity index is 1080. The van der Waals surface area contributed by atoms with Gasteiger partial charge in [-0.1, -0.05) is 6.07 Å². The number of pyridine rings is 2. The van der Waals surface area contributed by atoms with Crippen LogP contribution >= 0.6 is 0 Å². The molecule has 0 bridgehead atoms. The number of ether oxygens (including phenoxy) is 3. The van der Waals surface area contributed by atoms with Gasteiger partial charge in [0.05, 0.1) is 17.4 Å². The van der Waals surface area contributed by atoms with Crippen LogP contribution in [-0.2, 0) is 15.9 Å². The number of likely N-dealkylation sites (tertiary alicyclic amines) is 1. The number of carbonyl (C=O) groups excluding carboxylic acids is 1. The van der Waals surface area contributed by atoms with Gasteiger partial charge in [-0.3, -0.25) is 9.88 Å². The van der Waals surface area contributed by atoms with Crippen molar-refractivity contribution in [2.45, 2.75) is 44.1 Å². The number of aromatic nitrogens is 2. The van der Waals surface area contributed by atoms with Crippen LogP contribution in [0.2, 0.25) is 0 Å². The molecule has 2 N–H and O–H groups in total. The number of primary amides is 1. The maximum absolute atomic E-state index is 12.6. The quantitative estimate of drug-likeness (QED) is 0.617. The summed E-state index contributed by atoms with van der Waals surface area (Å²) in [7, 11) is 5.12. The van der Waals surface area contributed by atoms with Crippen molar-refractivity contribution >= 4 is 11.8 Å². The first-order chi connectivity index (χ1) is 16.5. The average molecular weight is 467 g/mol. The highest BCUT2D eigenvalue weighted by atomic mass is 16.7. The van der Waals surface area contributed by atoms with Crippen LogP contribution in [0, 0.1) is 11.3 Å². The van der Waals surface area contributed by atoms with Crippen molar-refractivity contribution < 1.29 is 19.0 Å². The fourth-order valence-electron chi connectivity index (χ4n) is 4.69. The summed E-state index contributed by atoms with van der Waals surface area (Å²) in [5.41, 5.74) is 8.21. The molecule has 0 saturated carbocycles. The van der Waals surface area contributed by atoms with Crippen LogP contribution in [0.1, 0.15) is 54.1 Å². The minimum atomic E-state index is -0.665. The number of nitrogens with two attached hydrogens (primary N) is 1. The van der Waals surface area contributed by atoms with Crippen molar-refractivity contribution in [1.29, 1.82) is 5.26 Å². The molecule has 0 spiro atoms. The van der Waals surface area contributed by atoms with E-state index in [2.05, 4.69) is 28.0 Å². The van der Waals surface area contributed by atoms with Gasteiger partial charge in [0.1, 0.15) is 29.8 Å². The van der Waals surface area contributed by atoms with Crippen LogP contribution in [-0.4, -0.2) is 61.4 Å². The van der Waals surface area contributed by atoms with Crippen molar-refractivity contribution in [3.63, 3.8) is 0 Å². The highest BCUT2D eigenvalue weighted by Gasteiger charge is 2.34. The van der Waals surface area contributed by atoms with E-state index in [4.69, 9.17) is 19.9 Å². The third kappa shape index (κ3) is 4.68. The predicted molar refractivity (Wildman–Crippen MR) is 124 cm³/mol. The van der Waals surface area contributed by atoms with Gasteiger partial charge in [-0.2, -0.15) is 5.26 Å². The molecular weight excluding hydrogens is 436 g/mol. The lowest BCUT2D eigenvalue weighted by Gasteiger charge is -2.35. The van der Waals surface area contributed by atoms with Gasteiger partial charge in [0.2, 0.25) is 6.29 Å². The van der Waals surface area contributed by atoms with E-state index in [1.165, 1.54) is 25.3 Å². The lowest BCUT2D eigenvalue weighted by Crippen LogP contribution is -2.43. The number of aryl methyl sites for hydroxylation is 1. The molecule has 2 aliphatic heterocycles. The van der Waals surface area contributed by atoms with Gasteiger partial charge in [0, 0.05) is 32.5 Å². The lowest BCUT2D eigenvalue weighted by atomic mass is 9.95. The highest BCUT2D eigenvalue weighted by Crippen LogP contribution is 2.38. The molecule has 2 unspecified atom stereocenters. The van der Waals surface area contributed by atoms with E-state index in [0.717, 1.165) is 24.9 Å². The Labute approximate surface area is 199 Å². The van der Waals surface area contributed by atoms with Crippen LogP contribution in [0.15, 0.2) is 24.4 Å². The predicted octanol–water partition coefficient (Wildman–Crippen LogP) is 2.69. The summed E-state index contributed by atoms with van der Waals surface area (Å²) in [6.45, 7) is 1.53. The molecule has 10 nitrogen and oxygen atoms in total. The number of carbonyl (C=O) groups is 1. The zero-order valence-electron chi connectivity index (χ0n) is 19.7. The van der Waals surface area contributed by atoms with Crippen LogP contribution in [0.25, 0.3) is 0 Å². The van der Waals surface area contributed by atoms with Crippen molar-refractivity contribution in [1.82, 2.24) is 14.9 Å². The number of fused-ring (bicyclic) bond motifs is 1. The Balaban J connectivity index is 1.65. The number of urea groups is 1. The first-order valence-electron chi connectivity index (χ1n) is 11.3. The van der Waals surface area contributed by atoms with Gasteiger partial charge in [0.25, 0.3) is 0 Å². The van der Waals surface area contributed by atoms with Crippen molar-refractivity contribution in [3.8, 4) is 11.8 Å². The smallest absolute Gasteiger partial charge is 0.321 e. The molecule has 2 aromatic heterocycles. The van der Waals surface area contributed by atoms with E-state index in [1.54, 1.807) is 6.07 Å². The summed E-state index contributed by atoms with van der Waals surface area (Å²) < 4.78 is 16.7. The molecule has 1 fully saturated rings. The second kappa shape index (κ2) is 10.3. The summed E-state index contributed by atoms with van der Waals surface area (Å²) in [5, 5.41) is 9.56. The molecule has 2 amide bonds. The number of hydrogen-bond donors (Lipinski definition) is 1. The number of amides is 2. The van der Waals surface area contributed by atoms with Gasteiger partial charge in [-0.25, -0.2) is 9.78 Å². The van der Waals surface area contributed by atoms with E-state index in [9.17, 15) is 10.1 Å². The summed E-state index contributed by atoms with van der Waals surface area (Å²) >= 11 is 0. The maximum Gasteiger partial charge on any atom is 0.321 e. The number of rotatable bonds is 7. The molecule has 2 aliphatic rings. The molecule has 1 saturated heterocycles. The molecular formula is C24H30N6O4. The molecule has 0 aromatic carbocycles. The molecule has 34 heavy (non-hydrogen) atoms. The Hall–Kier alpha value is -3.26. The molecule has 4 rings (SSSR count). The average Bonchev–Trinajstić information content (AvgIpc) is 3.26. The van der Waals surface area contributed by atoms with Crippen LogP contribution < -0.4 is 15.4 Å².